The van der Waals surface area contributed by atoms with Gasteiger partial charge in [0.15, 0.2) is 23.0 Å². The zero-order valence-electron chi connectivity index (χ0n) is 20.9. The van der Waals surface area contributed by atoms with E-state index in [1.165, 1.54) is 0 Å². The van der Waals surface area contributed by atoms with Crippen molar-refractivity contribution in [1.82, 2.24) is 9.80 Å². The van der Waals surface area contributed by atoms with E-state index in [1.807, 2.05) is 29.2 Å². The van der Waals surface area contributed by atoms with Gasteiger partial charge < -0.3 is 28.6 Å². The summed E-state index contributed by atoms with van der Waals surface area (Å²) in [5.41, 5.74) is 1.62. The van der Waals surface area contributed by atoms with E-state index in [1.54, 1.807) is 34.5 Å². The highest BCUT2D eigenvalue weighted by Crippen LogP contribution is 2.40. The summed E-state index contributed by atoms with van der Waals surface area (Å²) in [5.74, 6) is 3.15. The molecule has 34 heavy (non-hydrogen) atoms. The van der Waals surface area contributed by atoms with Gasteiger partial charge in [0.2, 0.25) is 5.75 Å². The number of carbonyl (C=O) groups is 1. The number of carbonyl (C=O) groups excluding carboxylic acids is 1. The van der Waals surface area contributed by atoms with Crippen LogP contribution in [-0.4, -0.2) is 76.9 Å². The number of amides is 1. The van der Waals surface area contributed by atoms with Crippen molar-refractivity contribution >= 4 is 5.91 Å². The molecule has 8 heteroatoms. The summed E-state index contributed by atoms with van der Waals surface area (Å²) in [4.78, 5) is 17.3. The highest BCUT2D eigenvalue weighted by Gasteiger charge is 2.25. The van der Waals surface area contributed by atoms with Crippen molar-refractivity contribution in [2.45, 2.75) is 26.3 Å². The molecule has 0 aliphatic carbocycles. The number of ether oxygens (including phenoxy) is 5. The minimum atomic E-state index is 0.00163. The van der Waals surface area contributed by atoms with Crippen LogP contribution >= 0.6 is 0 Å². The van der Waals surface area contributed by atoms with Crippen LogP contribution < -0.4 is 23.7 Å². The molecule has 1 aliphatic rings. The summed E-state index contributed by atoms with van der Waals surface area (Å²) >= 11 is 0. The highest BCUT2D eigenvalue weighted by atomic mass is 16.5. The maximum absolute atomic E-state index is 13.1. The molecule has 0 spiro atoms. The third-order valence-corrected chi connectivity index (χ3v) is 6.01. The fourth-order valence-corrected chi connectivity index (χ4v) is 4.07. The first kappa shape index (κ1) is 25.5. The summed E-state index contributed by atoms with van der Waals surface area (Å²) in [6, 6.07) is 9.28. The van der Waals surface area contributed by atoms with E-state index in [9.17, 15) is 4.79 Å². The molecular weight excluding hydrogens is 436 g/mol. The predicted octanol–water partition coefficient (Wildman–Crippen LogP) is 3.86. The SMILES string of the molecule is CCCCOc1ccc(C(=O)N2CCN(Cc3ccc(OC)c(OC)c3OC)CC2)cc1OC. The number of methoxy groups -OCH3 is 4. The molecule has 0 aromatic heterocycles. The second kappa shape index (κ2) is 12.4. The molecule has 1 amide bonds. The number of piperazine rings is 1. The van der Waals surface area contributed by atoms with Crippen molar-refractivity contribution in [2.24, 2.45) is 0 Å². The van der Waals surface area contributed by atoms with Gasteiger partial charge in [-0.2, -0.15) is 0 Å². The Bertz CT molecular complexity index is 957. The second-order valence-corrected chi connectivity index (χ2v) is 8.13. The summed E-state index contributed by atoms with van der Waals surface area (Å²) in [5, 5.41) is 0. The molecule has 0 radical (unpaired) electrons. The van der Waals surface area contributed by atoms with Gasteiger partial charge in [-0.05, 0) is 30.7 Å². The lowest BCUT2D eigenvalue weighted by molar-refractivity contribution is 0.0627. The maximum atomic E-state index is 13.1. The molecule has 1 saturated heterocycles. The monoisotopic (exact) mass is 472 g/mol. The molecule has 8 nitrogen and oxygen atoms in total. The molecule has 1 heterocycles. The van der Waals surface area contributed by atoms with Gasteiger partial charge in [-0.3, -0.25) is 9.69 Å². The van der Waals surface area contributed by atoms with Crippen LogP contribution in [0.1, 0.15) is 35.7 Å². The minimum absolute atomic E-state index is 0.00163. The molecule has 0 bridgehead atoms. The van der Waals surface area contributed by atoms with Gasteiger partial charge in [0.05, 0.1) is 35.0 Å². The summed E-state index contributed by atoms with van der Waals surface area (Å²) in [6.07, 6.45) is 2.03. The Kier molecular flexibility index (Phi) is 9.27. The third kappa shape index (κ3) is 5.86. The van der Waals surface area contributed by atoms with E-state index >= 15 is 0 Å². The van der Waals surface area contributed by atoms with Crippen LogP contribution in [0.5, 0.6) is 28.7 Å². The number of nitrogens with zero attached hydrogens (tertiary/aromatic N) is 2. The number of hydrogen-bond acceptors (Lipinski definition) is 7. The lowest BCUT2D eigenvalue weighted by Crippen LogP contribution is -2.48. The lowest BCUT2D eigenvalue weighted by Gasteiger charge is -2.35. The van der Waals surface area contributed by atoms with Crippen molar-refractivity contribution in [1.29, 1.82) is 0 Å². The van der Waals surface area contributed by atoms with Crippen molar-refractivity contribution in [3.8, 4) is 28.7 Å². The highest BCUT2D eigenvalue weighted by molar-refractivity contribution is 5.95. The van der Waals surface area contributed by atoms with Crippen LogP contribution in [0, 0.1) is 0 Å². The second-order valence-electron chi connectivity index (χ2n) is 8.13. The molecule has 0 unspecified atom stereocenters. The summed E-state index contributed by atoms with van der Waals surface area (Å²) in [6.45, 7) is 6.26. The van der Waals surface area contributed by atoms with E-state index in [0.29, 0.717) is 60.6 Å². The first-order valence-electron chi connectivity index (χ1n) is 11.7. The van der Waals surface area contributed by atoms with Crippen LogP contribution in [0.4, 0.5) is 0 Å². The van der Waals surface area contributed by atoms with Crippen LogP contribution in [0.3, 0.4) is 0 Å². The molecule has 3 rings (SSSR count). The van der Waals surface area contributed by atoms with E-state index in [2.05, 4.69) is 11.8 Å². The van der Waals surface area contributed by atoms with Gasteiger partial charge in [0.1, 0.15) is 0 Å². The van der Waals surface area contributed by atoms with Crippen molar-refractivity contribution in [3.63, 3.8) is 0 Å². The maximum Gasteiger partial charge on any atom is 0.254 e. The molecule has 1 fully saturated rings. The fraction of sp³-hybridized carbons (Fsp3) is 0.500. The van der Waals surface area contributed by atoms with E-state index < -0.39 is 0 Å². The fourth-order valence-electron chi connectivity index (χ4n) is 4.07. The molecular formula is C26H36N2O6. The number of benzene rings is 2. The van der Waals surface area contributed by atoms with Crippen molar-refractivity contribution in [3.05, 3.63) is 41.5 Å². The van der Waals surface area contributed by atoms with Gasteiger partial charge in [0.25, 0.3) is 5.91 Å². The number of hydrogen-bond donors (Lipinski definition) is 0. The van der Waals surface area contributed by atoms with E-state index in [4.69, 9.17) is 23.7 Å². The van der Waals surface area contributed by atoms with Crippen LogP contribution in [0.25, 0.3) is 0 Å². The van der Waals surface area contributed by atoms with Crippen molar-refractivity contribution in [2.75, 3.05) is 61.2 Å². The Labute approximate surface area is 202 Å². The molecule has 2 aromatic carbocycles. The van der Waals surface area contributed by atoms with E-state index in [0.717, 1.165) is 31.5 Å². The average Bonchev–Trinajstić information content (AvgIpc) is 2.88. The average molecular weight is 473 g/mol. The van der Waals surface area contributed by atoms with Gasteiger partial charge in [-0.15, -0.1) is 0 Å². The van der Waals surface area contributed by atoms with Crippen molar-refractivity contribution < 1.29 is 28.5 Å². The van der Waals surface area contributed by atoms with Gasteiger partial charge in [-0.25, -0.2) is 0 Å². The zero-order chi connectivity index (χ0) is 24.5. The minimum Gasteiger partial charge on any atom is -0.493 e. The lowest BCUT2D eigenvalue weighted by atomic mass is 10.1. The topological polar surface area (TPSA) is 69.7 Å². The molecule has 0 saturated carbocycles. The molecule has 0 N–H and O–H groups in total. The van der Waals surface area contributed by atoms with Gasteiger partial charge in [0, 0.05) is 43.9 Å². The quantitative estimate of drug-likeness (QED) is 0.460. The largest absolute Gasteiger partial charge is 0.493 e. The Hall–Kier alpha value is -3.13. The van der Waals surface area contributed by atoms with Crippen LogP contribution in [0.2, 0.25) is 0 Å². The number of unbranched alkanes of at least 4 members (excludes halogenated alkanes) is 1. The smallest absolute Gasteiger partial charge is 0.254 e. The Balaban J connectivity index is 1.62. The standard InChI is InChI=1S/C26H36N2O6/c1-6-7-16-34-21-10-8-19(17-23(21)31-3)26(29)28-14-12-27(13-15-28)18-20-9-11-22(30-2)25(33-5)24(20)32-4/h8-11,17H,6-7,12-16,18H2,1-5H3. The normalized spacial score (nSPS) is 14.0. The summed E-state index contributed by atoms with van der Waals surface area (Å²) in [7, 11) is 6.44. The first-order valence-corrected chi connectivity index (χ1v) is 11.7. The van der Waals surface area contributed by atoms with E-state index in [-0.39, 0.29) is 5.91 Å². The van der Waals surface area contributed by atoms with Gasteiger partial charge >= 0.3 is 0 Å². The first-order chi connectivity index (χ1) is 16.6. The zero-order valence-corrected chi connectivity index (χ0v) is 20.9. The predicted molar refractivity (Wildman–Crippen MR) is 131 cm³/mol. The Morgan fingerprint density at radius 2 is 1.50 bits per heavy atom. The Morgan fingerprint density at radius 1 is 0.824 bits per heavy atom. The molecule has 2 aromatic rings. The van der Waals surface area contributed by atoms with Crippen LogP contribution in [-0.2, 0) is 6.54 Å². The molecule has 186 valence electrons. The summed E-state index contributed by atoms with van der Waals surface area (Å²) < 4.78 is 27.7. The third-order valence-electron chi connectivity index (χ3n) is 6.01. The number of rotatable bonds is 11. The van der Waals surface area contributed by atoms with Crippen LogP contribution in [0.15, 0.2) is 30.3 Å². The van der Waals surface area contributed by atoms with Gasteiger partial charge in [-0.1, -0.05) is 19.4 Å². The Morgan fingerprint density at radius 3 is 2.12 bits per heavy atom. The molecule has 0 atom stereocenters. The molecule has 1 aliphatic heterocycles.